The van der Waals surface area contributed by atoms with Crippen LogP contribution in [-0.2, 0) is 0 Å². The van der Waals surface area contributed by atoms with Crippen LogP contribution in [0.4, 0.5) is 4.39 Å². The van der Waals surface area contributed by atoms with Crippen LogP contribution >= 0.6 is 0 Å². The van der Waals surface area contributed by atoms with Crippen molar-refractivity contribution in [2.75, 3.05) is 0 Å². The Balaban J connectivity index is 1.23. The first-order valence-electron chi connectivity index (χ1n) is 16.1. The molecule has 208 valence electrons. The summed E-state index contributed by atoms with van der Waals surface area (Å²) in [4.78, 5) is 0. The Morgan fingerprint density at radius 2 is 1.36 bits per heavy atom. The van der Waals surface area contributed by atoms with Gasteiger partial charge in [-0.2, -0.15) is 0 Å². The number of rotatable bonds is 10. The smallest absolute Gasteiger partial charge is 0.131 e. The molecule has 0 N–H and O–H groups in total. The highest BCUT2D eigenvalue weighted by molar-refractivity contribution is 6.92. The van der Waals surface area contributed by atoms with Gasteiger partial charge in [-0.1, -0.05) is 136 Å². The van der Waals surface area contributed by atoms with Crippen LogP contribution in [0.25, 0.3) is 11.1 Å². The Morgan fingerprint density at radius 1 is 0.692 bits per heavy atom. The van der Waals surface area contributed by atoms with Crippen LogP contribution in [0, 0.1) is 11.7 Å². The highest BCUT2D eigenvalue weighted by Gasteiger charge is 2.38. The van der Waals surface area contributed by atoms with Crippen LogP contribution in [0.5, 0.6) is 0 Å². The monoisotopic (exact) mass is 540 g/mol. The summed E-state index contributed by atoms with van der Waals surface area (Å²) in [6, 6.07) is 30.5. The van der Waals surface area contributed by atoms with Crippen molar-refractivity contribution in [2.24, 2.45) is 5.92 Å². The zero-order valence-electron chi connectivity index (χ0n) is 24.4. The lowest BCUT2D eigenvalue weighted by molar-refractivity contribution is 0.308. The molecule has 1 aliphatic carbocycles. The van der Waals surface area contributed by atoms with Crippen molar-refractivity contribution in [3.63, 3.8) is 0 Å². The van der Waals surface area contributed by atoms with Gasteiger partial charge >= 0.3 is 0 Å². The molecule has 1 saturated carbocycles. The van der Waals surface area contributed by atoms with E-state index in [4.69, 9.17) is 0 Å². The SMILES string of the molecule is CCCCC[Si]1(c2ccccc2)CCC(c2ccc(-c3ccc(C4CCC(CCC)CC4)cc3)c(F)c2)CC1. The summed E-state index contributed by atoms with van der Waals surface area (Å²) in [7, 11) is -1.47. The Bertz CT molecular complexity index is 1150. The van der Waals surface area contributed by atoms with Crippen molar-refractivity contribution in [3.8, 4) is 11.1 Å². The molecule has 2 aliphatic rings. The molecule has 2 fully saturated rings. The summed E-state index contributed by atoms with van der Waals surface area (Å²) in [6.45, 7) is 4.61. The van der Waals surface area contributed by atoms with Crippen molar-refractivity contribution in [2.45, 2.75) is 114 Å². The molecule has 0 amide bonds. The van der Waals surface area contributed by atoms with E-state index in [1.54, 1.807) is 5.19 Å². The molecule has 5 rings (SSSR count). The second kappa shape index (κ2) is 13.4. The van der Waals surface area contributed by atoms with Crippen molar-refractivity contribution in [3.05, 3.63) is 89.7 Å². The normalized spacial score (nSPS) is 25.5. The summed E-state index contributed by atoms with van der Waals surface area (Å²) < 4.78 is 15.5. The van der Waals surface area contributed by atoms with Crippen LogP contribution in [0.2, 0.25) is 18.1 Å². The molecule has 3 aromatic carbocycles. The topological polar surface area (TPSA) is 0 Å². The van der Waals surface area contributed by atoms with Crippen LogP contribution in [0.3, 0.4) is 0 Å². The van der Waals surface area contributed by atoms with E-state index in [-0.39, 0.29) is 5.82 Å². The molecule has 0 nitrogen and oxygen atoms in total. The third-order valence-corrected chi connectivity index (χ3v) is 15.6. The number of benzene rings is 3. The highest BCUT2D eigenvalue weighted by Crippen LogP contribution is 2.42. The van der Waals surface area contributed by atoms with E-state index in [1.807, 2.05) is 12.1 Å². The number of unbranched alkanes of at least 4 members (excludes halogenated alkanes) is 2. The third-order valence-electron chi connectivity index (χ3n) is 10.3. The van der Waals surface area contributed by atoms with Gasteiger partial charge in [0.2, 0.25) is 0 Å². The van der Waals surface area contributed by atoms with Gasteiger partial charge in [-0.25, -0.2) is 4.39 Å². The van der Waals surface area contributed by atoms with Gasteiger partial charge in [0, 0.05) is 5.56 Å². The number of hydrogen-bond acceptors (Lipinski definition) is 0. The van der Waals surface area contributed by atoms with Gasteiger partial charge in [0.1, 0.15) is 5.82 Å². The molecule has 0 bridgehead atoms. The molecule has 3 aromatic rings. The fourth-order valence-electron chi connectivity index (χ4n) is 7.84. The Hall–Kier alpha value is -2.19. The van der Waals surface area contributed by atoms with Gasteiger partial charge in [-0.05, 0) is 79.0 Å². The largest absolute Gasteiger partial charge is 0.206 e. The molecular formula is C37H49FSi. The zero-order valence-corrected chi connectivity index (χ0v) is 25.4. The maximum absolute atomic E-state index is 15.5. The molecule has 0 radical (unpaired) electrons. The van der Waals surface area contributed by atoms with Crippen LogP contribution in [-0.4, -0.2) is 8.07 Å². The predicted molar refractivity (Wildman–Crippen MR) is 169 cm³/mol. The van der Waals surface area contributed by atoms with Gasteiger partial charge in [-0.15, -0.1) is 0 Å². The molecule has 0 spiro atoms. The van der Waals surface area contributed by atoms with E-state index >= 15 is 4.39 Å². The van der Waals surface area contributed by atoms with Crippen molar-refractivity contribution in [1.29, 1.82) is 0 Å². The third kappa shape index (κ3) is 6.76. The predicted octanol–water partition coefficient (Wildman–Crippen LogP) is 11.0. The molecule has 0 aromatic heterocycles. The molecule has 1 aliphatic heterocycles. The quantitative estimate of drug-likeness (QED) is 0.177. The first-order valence-corrected chi connectivity index (χ1v) is 18.7. The van der Waals surface area contributed by atoms with Crippen LogP contribution < -0.4 is 5.19 Å². The fourth-order valence-corrected chi connectivity index (χ4v) is 13.1. The lowest BCUT2D eigenvalue weighted by Gasteiger charge is -2.39. The van der Waals surface area contributed by atoms with E-state index in [9.17, 15) is 0 Å². The first-order chi connectivity index (χ1) is 19.1. The summed E-state index contributed by atoms with van der Waals surface area (Å²) in [5.74, 6) is 2.05. The Labute approximate surface area is 238 Å². The van der Waals surface area contributed by atoms with Gasteiger partial charge in [0.05, 0.1) is 8.07 Å². The molecule has 0 atom stereocenters. The van der Waals surface area contributed by atoms with Gasteiger partial charge < -0.3 is 0 Å². The number of hydrogen-bond donors (Lipinski definition) is 0. The van der Waals surface area contributed by atoms with Gasteiger partial charge in [0.15, 0.2) is 0 Å². The second-order valence-electron chi connectivity index (χ2n) is 12.7. The minimum atomic E-state index is -1.47. The standard InChI is InChI=1S/C37H49FSi/c1-3-5-9-25-39(35-11-7-6-8-12-35)26-23-32(24-27-39)34-21-22-36(37(38)28-34)33-19-17-31(18-20-33)30-15-13-29(10-4-2)14-16-30/h6-8,11-12,17-22,28-30,32H,3-5,9-10,13-16,23-27H2,1-2H3. The molecular weight excluding hydrogens is 491 g/mol. The molecule has 39 heavy (non-hydrogen) atoms. The average Bonchev–Trinajstić information content (AvgIpc) is 2.99. The van der Waals surface area contributed by atoms with Crippen LogP contribution in [0.15, 0.2) is 72.8 Å². The summed E-state index contributed by atoms with van der Waals surface area (Å²) in [6.07, 6.45) is 14.5. The lowest BCUT2D eigenvalue weighted by atomic mass is 9.77. The maximum Gasteiger partial charge on any atom is 0.131 e. The molecule has 2 heteroatoms. The minimum absolute atomic E-state index is 0.0552. The van der Waals surface area contributed by atoms with Gasteiger partial charge in [-0.3, -0.25) is 0 Å². The lowest BCUT2D eigenvalue weighted by Crippen LogP contribution is -2.49. The van der Waals surface area contributed by atoms with Crippen molar-refractivity contribution < 1.29 is 4.39 Å². The van der Waals surface area contributed by atoms with E-state index in [0.717, 1.165) is 17.0 Å². The van der Waals surface area contributed by atoms with Crippen LogP contribution in [0.1, 0.15) is 107 Å². The number of halogens is 1. The highest BCUT2D eigenvalue weighted by atomic mass is 28.3. The van der Waals surface area contributed by atoms with Crippen molar-refractivity contribution in [1.82, 2.24) is 0 Å². The maximum atomic E-state index is 15.5. The molecule has 1 saturated heterocycles. The van der Waals surface area contributed by atoms with E-state index in [1.165, 1.54) is 99.9 Å². The Kier molecular flexibility index (Phi) is 9.77. The van der Waals surface area contributed by atoms with E-state index in [0.29, 0.717) is 11.8 Å². The van der Waals surface area contributed by atoms with E-state index < -0.39 is 8.07 Å². The minimum Gasteiger partial charge on any atom is -0.206 e. The molecule has 0 unspecified atom stereocenters. The summed E-state index contributed by atoms with van der Waals surface area (Å²) in [5, 5.41) is 1.65. The second-order valence-corrected chi connectivity index (χ2v) is 17.4. The van der Waals surface area contributed by atoms with Crippen molar-refractivity contribution >= 4 is 13.3 Å². The zero-order chi connectivity index (χ0) is 27.1. The summed E-state index contributed by atoms with van der Waals surface area (Å²) in [5.41, 5.74) is 4.41. The van der Waals surface area contributed by atoms with E-state index in [2.05, 4.69) is 74.5 Å². The van der Waals surface area contributed by atoms with Gasteiger partial charge in [0.25, 0.3) is 0 Å². The summed E-state index contributed by atoms with van der Waals surface area (Å²) >= 11 is 0. The fraction of sp³-hybridized carbons (Fsp3) is 0.514. The molecule has 1 heterocycles. The average molecular weight is 541 g/mol. The Morgan fingerprint density at radius 3 is 2.00 bits per heavy atom. The first kappa shape index (κ1) is 28.3.